The molecule has 0 heterocycles. The van der Waals surface area contributed by atoms with Crippen molar-refractivity contribution in [2.24, 2.45) is 0 Å². The van der Waals surface area contributed by atoms with E-state index in [4.69, 9.17) is 16.7 Å². The number of aromatic hydroxyl groups is 1. The summed E-state index contributed by atoms with van der Waals surface area (Å²) in [5.41, 5.74) is 0.367. The van der Waals surface area contributed by atoms with Gasteiger partial charge in [0.1, 0.15) is 11.3 Å². The molecule has 0 spiro atoms. The first-order valence-corrected chi connectivity index (χ1v) is 6.35. The molecule has 2 aromatic carbocycles. The lowest BCUT2D eigenvalue weighted by Crippen LogP contribution is -2.23. The van der Waals surface area contributed by atoms with Gasteiger partial charge in [-0.1, -0.05) is 23.7 Å². The van der Waals surface area contributed by atoms with Gasteiger partial charge in [-0.05, 0) is 29.8 Å². The highest BCUT2D eigenvalue weighted by molar-refractivity contribution is 6.31. The number of amides is 1. The standard InChI is InChI=1S/C14H11ClN2O4/c15-10-3-6-12(13(7-10)17(20)21)14(19)16-8-9-1-4-11(18)5-2-9/h1-7,18H,8H2,(H,16,19). The molecular weight excluding hydrogens is 296 g/mol. The number of hydrogen-bond donors (Lipinski definition) is 2. The quantitative estimate of drug-likeness (QED) is 0.671. The molecule has 2 rings (SSSR count). The Morgan fingerprint density at radius 2 is 1.90 bits per heavy atom. The van der Waals surface area contributed by atoms with Gasteiger partial charge in [0.05, 0.1) is 4.92 Å². The van der Waals surface area contributed by atoms with Gasteiger partial charge in [-0.2, -0.15) is 0 Å². The molecule has 0 bridgehead atoms. The number of nitro groups is 1. The highest BCUT2D eigenvalue weighted by Crippen LogP contribution is 2.23. The fourth-order valence-electron chi connectivity index (χ4n) is 1.74. The minimum atomic E-state index is -0.651. The number of benzene rings is 2. The molecule has 7 heteroatoms. The number of phenols is 1. The number of nitro benzene ring substituents is 1. The van der Waals surface area contributed by atoms with Crippen molar-refractivity contribution in [1.29, 1.82) is 0 Å². The molecule has 0 fully saturated rings. The van der Waals surface area contributed by atoms with Crippen LogP contribution in [0.5, 0.6) is 5.75 Å². The van der Waals surface area contributed by atoms with E-state index in [1.165, 1.54) is 24.3 Å². The Kier molecular flexibility index (Phi) is 4.39. The van der Waals surface area contributed by atoms with E-state index in [-0.39, 0.29) is 28.6 Å². The van der Waals surface area contributed by atoms with Crippen LogP contribution in [0.15, 0.2) is 42.5 Å². The van der Waals surface area contributed by atoms with Crippen molar-refractivity contribution < 1.29 is 14.8 Å². The SMILES string of the molecule is O=C(NCc1ccc(O)cc1)c1ccc(Cl)cc1[N+](=O)[O-]. The van der Waals surface area contributed by atoms with Gasteiger partial charge < -0.3 is 10.4 Å². The third-order valence-electron chi connectivity index (χ3n) is 2.79. The largest absolute Gasteiger partial charge is 0.508 e. The molecule has 0 atom stereocenters. The van der Waals surface area contributed by atoms with Crippen LogP contribution in [0.25, 0.3) is 0 Å². The molecule has 0 aliphatic carbocycles. The lowest BCUT2D eigenvalue weighted by atomic mass is 10.1. The molecular formula is C14H11ClN2O4. The van der Waals surface area contributed by atoms with E-state index >= 15 is 0 Å². The number of carbonyl (C=O) groups excluding carboxylic acids is 1. The Morgan fingerprint density at radius 3 is 2.52 bits per heavy atom. The van der Waals surface area contributed by atoms with Crippen molar-refractivity contribution in [3.8, 4) is 5.75 Å². The second-order valence-electron chi connectivity index (χ2n) is 4.27. The summed E-state index contributed by atoms with van der Waals surface area (Å²) in [5, 5.41) is 22.9. The predicted molar refractivity (Wildman–Crippen MR) is 77.4 cm³/mol. The van der Waals surface area contributed by atoms with E-state index in [0.717, 1.165) is 11.6 Å². The van der Waals surface area contributed by atoms with Gasteiger partial charge in [0, 0.05) is 17.6 Å². The Hall–Kier alpha value is -2.60. The van der Waals surface area contributed by atoms with Gasteiger partial charge in [-0.3, -0.25) is 14.9 Å². The van der Waals surface area contributed by atoms with Crippen molar-refractivity contribution in [2.75, 3.05) is 0 Å². The fraction of sp³-hybridized carbons (Fsp3) is 0.0714. The van der Waals surface area contributed by atoms with Crippen LogP contribution in [0.2, 0.25) is 5.02 Å². The van der Waals surface area contributed by atoms with Crippen molar-refractivity contribution in [1.82, 2.24) is 5.32 Å². The maximum absolute atomic E-state index is 12.0. The van der Waals surface area contributed by atoms with Crippen molar-refractivity contribution >= 4 is 23.2 Å². The monoisotopic (exact) mass is 306 g/mol. The summed E-state index contributed by atoms with van der Waals surface area (Å²) in [6.45, 7) is 0.193. The number of carbonyl (C=O) groups is 1. The first kappa shape index (κ1) is 14.8. The lowest BCUT2D eigenvalue weighted by molar-refractivity contribution is -0.385. The lowest BCUT2D eigenvalue weighted by Gasteiger charge is -2.06. The van der Waals surface area contributed by atoms with Crippen LogP contribution >= 0.6 is 11.6 Å². The second kappa shape index (κ2) is 6.23. The topological polar surface area (TPSA) is 92.5 Å². The molecule has 0 aromatic heterocycles. The van der Waals surface area contributed by atoms with Gasteiger partial charge in [-0.15, -0.1) is 0 Å². The van der Waals surface area contributed by atoms with Gasteiger partial charge >= 0.3 is 0 Å². The Labute approximate surface area is 125 Å². The van der Waals surface area contributed by atoms with Crippen LogP contribution < -0.4 is 5.32 Å². The smallest absolute Gasteiger partial charge is 0.283 e. The van der Waals surface area contributed by atoms with Crippen LogP contribution in [0.4, 0.5) is 5.69 Å². The van der Waals surface area contributed by atoms with E-state index in [1.54, 1.807) is 12.1 Å². The van der Waals surface area contributed by atoms with E-state index in [0.29, 0.717) is 0 Å². The van der Waals surface area contributed by atoms with E-state index in [9.17, 15) is 14.9 Å². The third kappa shape index (κ3) is 3.70. The van der Waals surface area contributed by atoms with Crippen LogP contribution in [0, 0.1) is 10.1 Å². The van der Waals surface area contributed by atoms with E-state index < -0.39 is 10.8 Å². The van der Waals surface area contributed by atoms with Gasteiger partial charge in [-0.25, -0.2) is 0 Å². The zero-order valence-corrected chi connectivity index (χ0v) is 11.5. The van der Waals surface area contributed by atoms with E-state index in [2.05, 4.69) is 5.32 Å². The Balaban J connectivity index is 2.13. The Morgan fingerprint density at radius 1 is 1.24 bits per heavy atom. The maximum atomic E-state index is 12.0. The number of halogens is 1. The van der Waals surface area contributed by atoms with Crippen molar-refractivity contribution in [3.05, 3.63) is 68.7 Å². The molecule has 6 nitrogen and oxygen atoms in total. The van der Waals surface area contributed by atoms with E-state index in [1.807, 2.05) is 0 Å². The summed E-state index contributed by atoms with van der Waals surface area (Å²) < 4.78 is 0. The molecule has 0 unspecified atom stereocenters. The van der Waals surface area contributed by atoms with Gasteiger partial charge in [0.2, 0.25) is 0 Å². The maximum Gasteiger partial charge on any atom is 0.283 e. The summed E-state index contributed by atoms with van der Waals surface area (Å²) in [4.78, 5) is 22.3. The van der Waals surface area contributed by atoms with Crippen LogP contribution in [0.3, 0.4) is 0 Å². The van der Waals surface area contributed by atoms with Crippen LogP contribution in [-0.2, 0) is 6.54 Å². The minimum absolute atomic E-state index is 0.0526. The zero-order chi connectivity index (χ0) is 15.4. The highest BCUT2D eigenvalue weighted by Gasteiger charge is 2.20. The van der Waals surface area contributed by atoms with Crippen LogP contribution in [-0.4, -0.2) is 15.9 Å². The molecule has 0 saturated heterocycles. The first-order valence-electron chi connectivity index (χ1n) is 5.97. The molecule has 2 N–H and O–H groups in total. The fourth-order valence-corrected chi connectivity index (χ4v) is 1.91. The van der Waals surface area contributed by atoms with Crippen molar-refractivity contribution in [2.45, 2.75) is 6.54 Å². The molecule has 2 aromatic rings. The Bertz CT molecular complexity index is 686. The summed E-state index contributed by atoms with van der Waals surface area (Å²) >= 11 is 5.69. The minimum Gasteiger partial charge on any atom is -0.508 e. The average molecular weight is 307 g/mol. The molecule has 1 amide bonds. The summed E-state index contributed by atoms with van der Waals surface area (Å²) in [5.74, 6) is -0.440. The zero-order valence-electron chi connectivity index (χ0n) is 10.7. The summed E-state index contributed by atoms with van der Waals surface area (Å²) in [7, 11) is 0. The molecule has 0 aliphatic rings. The van der Waals surface area contributed by atoms with Crippen LogP contribution in [0.1, 0.15) is 15.9 Å². The highest BCUT2D eigenvalue weighted by atomic mass is 35.5. The summed E-state index contributed by atoms with van der Waals surface area (Å²) in [6, 6.07) is 10.1. The molecule has 21 heavy (non-hydrogen) atoms. The number of phenolic OH excluding ortho intramolecular Hbond substituents is 1. The number of nitrogens with one attached hydrogen (secondary N) is 1. The average Bonchev–Trinajstić information content (AvgIpc) is 2.46. The van der Waals surface area contributed by atoms with Gasteiger partial charge in [0.25, 0.3) is 11.6 Å². The molecule has 0 saturated carbocycles. The normalized spacial score (nSPS) is 10.1. The number of rotatable bonds is 4. The van der Waals surface area contributed by atoms with Gasteiger partial charge in [0.15, 0.2) is 0 Å². The second-order valence-corrected chi connectivity index (χ2v) is 4.70. The number of hydrogen-bond acceptors (Lipinski definition) is 4. The molecule has 108 valence electrons. The molecule has 0 aliphatic heterocycles. The predicted octanol–water partition coefficient (Wildman–Crippen LogP) is 2.88. The summed E-state index contributed by atoms with van der Waals surface area (Å²) in [6.07, 6.45) is 0. The third-order valence-corrected chi connectivity index (χ3v) is 3.03. The molecule has 0 radical (unpaired) electrons. The number of nitrogens with zero attached hydrogens (tertiary/aromatic N) is 1. The van der Waals surface area contributed by atoms with Crippen molar-refractivity contribution in [3.63, 3.8) is 0 Å². The first-order chi connectivity index (χ1) is 9.97.